The van der Waals surface area contributed by atoms with Crippen LogP contribution in [0.4, 0.5) is 11.5 Å². The second-order valence-electron chi connectivity index (χ2n) is 4.98. The Morgan fingerprint density at radius 1 is 1.26 bits per heavy atom. The molecule has 0 saturated carbocycles. The van der Waals surface area contributed by atoms with Crippen LogP contribution in [-0.4, -0.2) is 36.4 Å². The van der Waals surface area contributed by atoms with Gasteiger partial charge < -0.3 is 10.4 Å². The summed E-state index contributed by atoms with van der Waals surface area (Å²) in [5, 5.41) is 16.3. The Kier molecular flexibility index (Phi) is 4.58. The van der Waals surface area contributed by atoms with E-state index >= 15 is 0 Å². The van der Waals surface area contributed by atoms with Gasteiger partial charge in [0, 0.05) is 24.2 Å². The van der Waals surface area contributed by atoms with Crippen molar-refractivity contribution < 1.29 is 5.11 Å². The fraction of sp³-hybridized carbons (Fsp3) is 0.250. The van der Waals surface area contributed by atoms with Gasteiger partial charge in [0.1, 0.15) is 11.5 Å². The second kappa shape index (κ2) is 6.97. The number of pyridine rings is 1. The first kappa shape index (κ1) is 15.1. The number of nitrogens with zero attached hydrogens (tertiary/aromatic N) is 5. The Hall–Kier alpha value is -2.80. The minimum Gasteiger partial charge on any atom is -0.394 e. The third kappa shape index (κ3) is 3.70. The molecule has 3 aromatic heterocycles. The lowest BCUT2D eigenvalue weighted by Crippen LogP contribution is -2.02. The molecule has 0 spiro atoms. The third-order valence-electron chi connectivity index (χ3n) is 3.27. The van der Waals surface area contributed by atoms with Gasteiger partial charge in [-0.3, -0.25) is 9.67 Å². The maximum atomic E-state index is 8.94. The molecule has 0 fully saturated rings. The Labute approximate surface area is 134 Å². The molecule has 0 aliphatic rings. The van der Waals surface area contributed by atoms with Crippen molar-refractivity contribution in [1.29, 1.82) is 0 Å². The summed E-state index contributed by atoms with van der Waals surface area (Å²) in [5.74, 6) is 1.29. The summed E-state index contributed by atoms with van der Waals surface area (Å²) in [6, 6.07) is 7.58. The van der Waals surface area contributed by atoms with E-state index in [2.05, 4.69) is 25.4 Å². The second-order valence-corrected chi connectivity index (χ2v) is 4.98. The van der Waals surface area contributed by atoms with Gasteiger partial charge in [0.05, 0.1) is 25.0 Å². The highest BCUT2D eigenvalue weighted by Crippen LogP contribution is 2.19. The molecule has 3 heterocycles. The molecule has 23 heavy (non-hydrogen) atoms. The van der Waals surface area contributed by atoms with E-state index in [1.807, 2.05) is 37.4 Å². The van der Waals surface area contributed by atoms with E-state index in [9.17, 15) is 0 Å². The normalized spacial score (nSPS) is 10.7. The summed E-state index contributed by atoms with van der Waals surface area (Å²) in [6.07, 6.45) is 6.05. The topological polar surface area (TPSA) is 88.8 Å². The molecule has 0 saturated heterocycles. The van der Waals surface area contributed by atoms with Crippen molar-refractivity contribution in [2.24, 2.45) is 0 Å². The molecule has 0 bridgehead atoms. The fourth-order valence-electron chi connectivity index (χ4n) is 2.15. The van der Waals surface area contributed by atoms with Crippen LogP contribution < -0.4 is 5.32 Å². The minimum absolute atomic E-state index is 0.0540. The van der Waals surface area contributed by atoms with Gasteiger partial charge in [0.25, 0.3) is 0 Å². The van der Waals surface area contributed by atoms with Crippen LogP contribution in [0.1, 0.15) is 12.6 Å². The van der Waals surface area contributed by atoms with Crippen LogP contribution in [0.3, 0.4) is 0 Å². The molecule has 0 aliphatic carbocycles. The van der Waals surface area contributed by atoms with Crippen molar-refractivity contribution in [3.8, 4) is 11.5 Å². The first-order valence-corrected chi connectivity index (χ1v) is 7.48. The van der Waals surface area contributed by atoms with Crippen molar-refractivity contribution in [2.45, 2.75) is 19.9 Å². The monoisotopic (exact) mass is 310 g/mol. The van der Waals surface area contributed by atoms with Crippen molar-refractivity contribution >= 4 is 11.5 Å². The summed E-state index contributed by atoms with van der Waals surface area (Å²) < 4.78 is 1.67. The zero-order valence-corrected chi connectivity index (χ0v) is 12.8. The minimum atomic E-state index is 0.0540. The maximum absolute atomic E-state index is 8.94. The number of hydrogen-bond donors (Lipinski definition) is 2. The van der Waals surface area contributed by atoms with Crippen LogP contribution in [0.2, 0.25) is 0 Å². The summed E-state index contributed by atoms with van der Waals surface area (Å²) in [7, 11) is 0. The highest BCUT2D eigenvalue weighted by Gasteiger charge is 2.08. The fourth-order valence-corrected chi connectivity index (χ4v) is 2.15. The number of hydrogen-bond acceptors (Lipinski definition) is 6. The molecule has 0 atom stereocenters. The van der Waals surface area contributed by atoms with E-state index in [1.54, 1.807) is 17.1 Å². The number of aliphatic hydroxyl groups excluding tert-OH is 1. The maximum Gasteiger partial charge on any atom is 0.180 e. The number of anilines is 2. The first-order chi connectivity index (χ1) is 11.3. The number of rotatable bonds is 6. The number of aromatic nitrogens is 5. The van der Waals surface area contributed by atoms with Gasteiger partial charge in [0.2, 0.25) is 0 Å². The number of nitrogens with one attached hydrogen (secondary N) is 1. The van der Waals surface area contributed by atoms with Gasteiger partial charge in [0.15, 0.2) is 5.82 Å². The first-order valence-electron chi connectivity index (χ1n) is 7.48. The highest BCUT2D eigenvalue weighted by molar-refractivity contribution is 5.58. The molecule has 7 nitrogen and oxygen atoms in total. The summed E-state index contributed by atoms with van der Waals surface area (Å²) >= 11 is 0. The summed E-state index contributed by atoms with van der Waals surface area (Å²) in [4.78, 5) is 13.4. The Morgan fingerprint density at radius 3 is 2.91 bits per heavy atom. The lowest BCUT2D eigenvalue weighted by atomic mass is 10.2. The van der Waals surface area contributed by atoms with E-state index in [1.165, 1.54) is 0 Å². The third-order valence-corrected chi connectivity index (χ3v) is 3.27. The van der Waals surface area contributed by atoms with E-state index in [4.69, 9.17) is 5.11 Å². The largest absolute Gasteiger partial charge is 0.394 e. The smallest absolute Gasteiger partial charge is 0.180 e. The van der Waals surface area contributed by atoms with Crippen molar-refractivity contribution in [1.82, 2.24) is 24.7 Å². The molecular formula is C16H18N6O. The molecule has 0 aliphatic heterocycles. The number of aliphatic hydroxyl groups is 1. The van der Waals surface area contributed by atoms with Crippen LogP contribution in [-0.2, 0) is 13.0 Å². The van der Waals surface area contributed by atoms with E-state index < -0.39 is 0 Å². The van der Waals surface area contributed by atoms with Crippen molar-refractivity contribution in [2.75, 3.05) is 11.9 Å². The van der Waals surface area contributed by atoms with Crippen LogP contribution >= 0.6 is 0 Å². The molecular weight excluding hydrogens is 292 g/mol. The van der Waals surface area contributed by atoms with E-state index in [0.29, 0.717) is 18.2 Å². The van der Waals surface area contributed by atoms with Gasteiger partial charge in [-0.15, -0.1) is 0 Å². The molecule has 3 aromatic rings. The molecule has 3 rings (SSSR count). The predicted octanol–water partition coefficient (Wildman–Crippen LogP) is 2.03. The lowest BCUT2D eigenvalue weighted by molar-refractivity contribution is 0.269. The predicted molar refractivity (Wildman–Crippen MR) is 87.2 cm³/mol. The molecule has 0 aromatic carbocycles. The molecule has 2 N–H and O–H groups in total. The van der Waals surface area contributed by atoms with Gasteiger partial charge in [-0.2, -0.15) is 5.10 Å². The quantitative estimate of drug-likeness (QED) is 0.724. The molecule has 0 unspecified atom stereocenters. The van der Waals surface area contributed by atoms with Crippen molar-refractivity contribution in [3.05, 3.63) is 48.5 Å². The molecule has 0 amide bonds. The lowest BCUT2D eigenvalue weighted by Gasteiger charge is -2.07. The standard InChI is InChI=1S/C16H18N6O/c1-2-12-9-15(19-13-10-18-22(11-13)7-8-23)21-16(20-12)14-5-3-4-6-17-14/h3-6,9-11,23H,2,7-8H2,1H3,(H,19,20,21). The van der Waals surface area contributed by atoms with Gasteiger partial charge in [-0.05, 0) is 18.6 Å². The Balaban J connectivity index is 1.89. The molecule has 7 heteroatoms. The van der Waals surface area contributed by atoms with E-state index in [0.717, 1.165) is 23.5 Å². The van der Waals surface area contributed by atoms with E-state index in [-0.39, 0.29) is 6.61 Å². The molecule has 118 valence electrons. The Bertz CT molecular complexity index is 771. The average Bonchev–Trinajstić information content (AvgIpc) is 3.02. The van der Waals surface area contributed by atoms with Crippen molar-refractivity contribution in [3.63, 3.8) is 0 Å². The number of aryl methyl sites for hydroxylation is 1. The summed E-state index contributed by atoms with van der Waals surface area (Å²) in [6.45, 7) is 2.57. The van der Waals surface area contributed by atoms with Crippen LogP contribution in [0.25, 0.3) is 11.5 Å². The highest BCUT2D eigenvalue weighted by atomic mass is 16.3. The van der Waals surface area contributed by atoms with Crippen LogP contribution in [0, 0.1) is 0 Å². The van der Waals surface area contributed by atoms with Gasteiger partial charge in [-0.25, -0.2) is 9.97 Å². The molecule has 0 radical (unpaired) electrons. The van der Waals surface area contributed by atoms with Gasteiger partial charge >= 0.3 is 0 Å². The zero-order valence-electron chi connectivity index (χ0n) is 12.8. The van der Waals surface area contributed by atoms with Crippen LogP contribution in [0.5, 0.6) is 0 Å². The zero-order chi connectivity index (χ0) is 16.1. The van der Waals surface area contributed by atoms with Crippen LogP contribution in [0.15, 0.2) is 42.9 Å². The Morgan fingerprint density at radius 2 is 2.17 bits per heavy atom. The van der Waals surface area contributed by atoms with Gasteiger partial charge in [-0.1, -0.05) is 13.0 Å². The SMILES string of the molecule is CCc1cc(Nc2cnn(CCO)c2)nc(-c2ccccn2)n1. The average molecular weight is 310 g/mol. The summed E-state index contributed by atoms with van der Waals surface area (Å²) in [5.41, 5.74) is 2.49.